The summed E-state index contributed by atoms with van der Waals surface area (Å²) in [5, 5.41) is 9.73. The maximum absolute atomic E-state index is 14.4. The van der Waals surface area contributed by atoms with Crippen LogP contribution in [0, 0.1) is 0 Å². The SMILES string of the molecule is FC1CNCCC(Nc2nc(-c3ccnc4[nH]c5ccccc5c34)nc3cncc(C4=CC=C4)c23)C1. The molecule has 178 valence electrons. The molecule has 2 atom stereocenters. The second kappa shape index (κ2) is 8.49. The van der Waals surface area contributed by atoms with E-state index in [1.165, 1.54) is 0 Å². The van der Waals surface area contributed by atoms with Gasteiger partial charge in [0.1, 0.15) is 17.6 Å². The number of hydrogen-bond acceptors (Lipinski definition) is 6. The molecule has 7 rings (SSSR count). The van der Waals surface area contributed by atoms with Gasteiger partial charge in [0.05, 0.1) is 17.1 Å². The van der Waals surface area contributed by atoms with E-state index in [2.05, 4.69) is 43.8 Å². The van der Waals surface area contributed by atoms with E-state index in [1.807, 2.05) is 36.5 Å². The molecule has 0 amide bonds. The highest BCUT2D eigenvalue weighted by atomic mass is 19.1. The number of H-pyrrole nitrogens is 1. The van der Waals surface area contributed by atoms with Crippen molar-refractivity contribution in [3.05, 3.63) is 72.7 Å². The maximum Gasteiger partial charge on any atom is 0.163 e. The standard InChI is InChI=1S/C28H24FN7/c29-17-12-18(8-10-30-13-17)33-28-25-21(16-4-3-5-16)14-31-15-23(25)35-26(36-28)20-9-11-32-27-24(20)19-6-1-2-7-22(19)34-27/h1-7,9,11,14-15,17-18,30H,8,10,12-13H2,(H,32,34)(H,33,35,36). The van der Waals surface area contributed by atoms with Crippen LogP contribution in [0.2, 0.25) is 0 Å². The van der Waals surface area contributed by atoms with Gasteiger partial charge >= 0.3 is 0 Å². The minimum Gasteiger partial charge on any atom is -0.367 e. The van der Waals surface area contributed by atoms with E-state index >= 15 is 0 Å². The summed E-state index contributed by atoms with van der Waals surface area (Å²) in [7, 11) is 0. The molecule has 0 radical (unpaired) electrons. The van der Waals surface area contributed by atoms with E-state index < -0.39 is 6.17 Å². The van der Waals surface area contributed by atoms with Crippen LogP contribution in [-0.2, 0) is 0 Å². The summed E-state index contributed by atoms with van der Waals surface area (Å²) in [6, 6.07) is 10.0. The number of fused-ring (bicyclic) bond motifs is 4. The topological polar surface area (TPSA) is 91.4 Å². The first-order chi connectivity index (χ1) is 17.7. The Labute approximate surface area is 206 Å². The lowest BCUT2D eigenvalue weighted by Crippen LogP contribution is -2.24. The van der Waals surface area contributed by atoms with Gasteiger partial charge in [-0.2, -0.15) is 0 Å². The summed E-state index contributed by atoms with van der Waals surface area (Å²) in [5.74, 6) is 1.29. The summed E-state index contributed by atoms with van der Waals surface area (Å²) < 4.78 is 14.4. The van der Waals surface area contributed by atoms with Crippen molar-refractivity contribution >= 4 is 44.2 Å². The lowest BCUT2D eigenvalue weighted by Gasteiger charge is -2.21. The Hall–Kier alpha value is -4.17. The number of para-hydroxylation sites is 1. The molecule has 8 heteroatoms. The van der Waals surface area contributed by atoms with E-state index in [-0.39, 0.29) is 6.04 Å². The van der Waals surface area contributed by atoms with Crippen LogP contribution in [0.25, 0.3) is 49.8 Å². The summed E-state index contributed by atoms with van der Waals surface area (Å²) in [4.78, 5) is 22.5. The normalized spacial score (nSPS) is 19.9. The van der Waals surface area contributed by atoms with E-state index in [1.54, 1.807) is 12.4 Å². The van der Waals surface area contributed by atoms with Crippen LogP contribution < -0.4 is 10.6 Å². The molecule has 2 aliphatic rings. The smallest absolute Gasteiger partial charge is 0.163 e. The lowest BCUT2D eigenvalue weighted by atomic mass is 9.97. The number of hydrogen-bond donors (Lipinski definition) is 3. The number of benzene rings is 1. The molecule has 4 aromatic heterocycles. The molecule has 1 fully saturated rings. The number of alkyl halides is 1. The van der Waals surface area contributed by atoms with Crippen molar-refractivity contribution in [2.75, 3.05) is 18.4 Å². The number of nitrogens with one attached hydrogen (secondary N) is 3. The molecule has 1 aliphatic heterocycles. The lowest BCUT2D eigenvalue weighted by molar-refractivity contribution is 0.308. The van der Waals surface area contributed by atoms with Crippen molar-refractivity contribution < 1.29 is 4.39 Å². The monoisotopic (exact) mass is 477 g/mol. The van der Waals surface area contributed by atoms with Crippen molar-refractivity contribution in [2.45, 2.75) is 25.1 Å². The fourth-order valence-electron chi connectivity index (χ4n) is 5.22. The third-order valence-electron chi connectivity index (χ3n) is 7.03. The molecule has 5 heterocycles. The van der Waals surface area contributed by atoms with Gasteiger partial charge < -0.3 is 15.6 Å². The molecule has 0 saturated carbocycles. The molecule has 5 aromatic rings. The van der Waals surface area contributed by atoms with Crippen LogP contribution in [0.3, 0.4) is 0 Å². The van der Waals surface area contributed by atoms with E-state index in [0.717, 1.165) is 62.5 Å². The van der Waals surface area contributed by atoms with Gasteiger partial charge in [-0.05, 0) is 30.7 Å². The van der Waals surface area contributed by atoms with Gasteiger partial charge in [-0.3, -0.25) is 4.98 Å². The molecule has 36 heavy (non-hydrogen) atoms. The predicted octanol–water partition coefficient (Wildman–Crippen LogP) is 5.18. The van der Waals surface area contributed by atoms with Crippen molar-refractivity contribution in [1.29, 1.82) is 0 Å². The number of halogens is 1. The highest BCUT2D eigenvalue weighted by Crippen LogP contribution is 2.37. The van der Waals surface area contributed by atoms with Gasteiger partial charge in [0.2, 0.25) is 0 Å². The minimum absolute atomic E-state index is 0.0431. The highest BCUT2D eigenvalue weighted by Gasteiger charge is 2.23. The first-order valence-corrected chi connectivity index (χ1v) is 12.3. The van der Waals surface area contributed by atoms with Gasteiger partial charge in [0, 0.05) is 58.8 Å². The Morgan fingerprint density at radius 3 is 2.83 bits per heavy atom. The second-order valence-electron chi connectivity index (χ2n) is 9.38. The van der Waals surface area contributed by atoms with Gasteiger partial charge in [0.15, 0.2) is 5.82 Å². The number of anilines is 1. The zero-order valence-electron chi connectivity index (χ0n) is 19.5. The van der Waals surface area contributed by atoms with Crippen LogP contribution in [-0.4, -0.2) is 50.2 Å². The number of aromatic amines is 1. The van der Waals surface area contributed by atoms with Crippen LogP contribution in [0.1, 0.15) is 18.4 Å². The Morgan fingerprint density at radius 2 is 1.94 bits per heavy atom. The molecule has 2 unspecified atom stereocenters. The van der Waals surface area contributed by atoms with Gasteiger partial charge in [-0.1, -0.05) is 36.4 Å². The zero-order chi connectivity index (χ0) is 24.1. The van der Waals surface area contributed by atoms with Crippen LogP contribution in [0.4, 0.5) is 10.2 Å². The molecular formula is C28H24FN7. The predicted molar refractivity (Wildman–Crippen MR) is 141 cm³/mol. The molecule has 0 bridgehead atoms. The molecule has 1 aromatic carbocycles. The van der Waals surface area contributed by atoms with Crippen molar-refractivity contribution in [3.8, 4) is 11.4 Å². The fourth-order valence-corrected chi connectivity index (χ4v) is 5.22. The van der Waals surface area contributed by atoms with Crippen molar-refractivity contribution in [1.82, 2.24) is 30.2 Å². The molecule has 0 spiro atoms. The highest BCUT2D eigenvalue weighted by molar-refractivity contribution is 6.12. The minimum atomic E-state index is -0.901. The second-order valence-corrected chi connectivity index (χ2v) is 9.38. The number of rotatable bonds is 4. The number of aromatic nitrogens is 5. The molecule has 1 aliphatic carbocycles. The fraction of sp³-hybridized carbons (Fsp3) is 0.214. The Morgan fingerprint density at radius 1 is 1.03 bits per heavy atom. The van der Waals surface area contributed by atoms with Crippen LogP contribution >= 0.6 is 0 Å². The van der Waals surface area contributed by atoms with Gasteiger partial charge in [0.25, 0.3) is 0 Å². The number of pyridine rings is 2. The Balaban J connectivity index is 1.45. The molecule has 3 N–H and O–H groups in total. The molecule has 7 nitrogen and oxygen atoms in total. The van der Waals surface area contributed by atoms with E-state index in [0.29, 0.717) is 24.6 Å². The summed E-state index contributed by atoms with van der Waals surface area (Å²) in [6.07, 6.45) is 11.9. The third-order valence-corrected chi connectivity index (χ3v) is 7.03. The Bertz CT molecular complexity index is 1690. The van der Waals surface area contributed by atoms with E-state index in [9.17, 15) is 4.39 Å². The first kappa shape index (κ1) is 21.1. The summed E-state index contributed by atoms with van der Waals surface area (Å²) in [6.45, 7) is 1.15. The first-order valence-electron chi connectivity index (χ1n) is 12.3. The Kier molecular flexibility index (Phi) is 4.99. The van der Waals surface area contributed by atoms with Crippen LogP contribution in [0.5, 0.6) is 0 Å². The average Bonchev–Trinajstić information content (AvgIpc) is 3.12. The summed E-state index contributed by atoms with van der Waals surface area (Å²) in [5.41, 5.74) is 5.50. The zero-order valence-corrected chi connectivity index (χ0v) is 19.5. The summed E-state index contributed by atoms with van der Waals surface area (Å²) >= 11 is 0. The number of allylic oxidation sites excluding steroid dienone is 4. The maximum atomic E-state index is 14.4. The number of nitrogens with zero attached hydrogens (tertiary/aromatic N) is 4. The largest absolute Gasteiger partial charge is 0.367 e. The van der Waals surface area contributed by atoms with Crippen LogP contribution in [0.15, 0.2) is 67.2 Å². The molecule has 1 saturated heterocycles. The average molecular weight is 478 g/mol. The van der Waals surface area contributed by atoms with E-state index in [4.69, 9.17) is 9.97 Å². The van der Waals surface area contributed by atoms with Crippen molar-refractivity contribution in [2.24, 2.45) is 0 Å². The van der Waals surface area contributed by atoms with Gasteiger partial charge in [-0.25, -0.2) is 19.3 Å². The quantitative estimate of drug-likeness (QED) is 0.331. The van der Waals surface area contributed by atoms with Gasteiger partial charge in [-0.15, -0.1) is 0 Å². The third kappa shape index (κ3) is 3.53. The van der Waals surface area contributed by atoms with Crippen molar-refractivity contribution in [3.63, 3.8) is 0 Å². The molecular weight excluding hydrogens is 453 g/mol.